The van der Waals surface area contributed by atoms with Gasteiger partial charge in [-0.25, -0.2) is 16.8 Å². The molecule has 1 aromatic heterocycles. The Morgan fingerprint density at radius 3 is 2.13 bits per heavy atom. The van der Waals surface area contributed by atoms with E-state index in [1.54, 1.807) is 12.1 Å². The number of rotatable bonds is 8. The second-order valence-electron chi connectivity index (χ2n) is 5.92. The summed E-state index contributed by atoms with van der Waals surface area (Å²) in [5, 5.41) is 17.3. The molecule has 0 aliphatic heterocycles. The maximum atomic E-state index is 12.6. The average Bonchev–Trinajstić information content (AvgIpc) is 2.74. The van der Waals surface area contributed by atoms with Crippen LogP contribution >= 0.6 is 0 Å². The molecular weight excluding hydrogens is 450 g/mol. The van der Waals surface area contributed by atoms with Gasteiger partial charge in [-0.2, -0.15) is 0 Å². The molecule has 0 fully saturated rings. The monoisotopic (exact) mass is 465 g/mol. The zero-order chi connectivity index (χ0) is 22.6. The summed E-state index contributed by atoms with van der Waals surface area (Å²) in [4.78, 5) is 9.55. The molecule has 2 N–H and O–H groups in total. The fourth-order valence-electron chi connectivity index (χ4n) is 2.43. The third kappa shape index (κ3) is 5.04. The number of methoxy groups -OCH3 is 1. The standard InChI is InChI=1S/C17H15N5O7S2/c1-29-14-4-2-3-5-15(14)31(27,28)20-12-6-8-13(9-7-12)30(25,26)21-16-10-11-17(19-18-16)22(23)24/h2-11,20H,1H3,(H,18,21). The largest absolute Gasteiger partial charge is 0.495 e. The van der Waals surface area contributed by atoms with E-state index in [-0.39, 0.29) is 27.0 Å². The number of hydrogen-bond donors (Lipinski definition) is 2. The second-order valence-corrected chi connectivity index (χ2v) is 9.25. The summed E-state index contributed by atoms with van der Waals surface area (Å²) in [6.45, 7) is 0. The maximum absolute atomic E-state index is 12.6. The molecule has 0 radical (unpaired) electrons. The van der Waals surface area contributed by atoms with E-state index in [0.29, 0.717) is 0 Å². The average molecular weight is 465 g/mol. The number of para-hydroxylation sites is 1. The predicted molar refractivity (Wildman–Crippen MR) is 110 cm³/mol. The molecule has 0 saturated heterocycles. The number of anilines is 2. The van der Waals surface area contributed by atoms with Crippen molar-refractivity contribution in [2.24, 2.45) is 0 Å². The summed E-state index contributed by atoms with van der Waals surface area (Å²) in [5.41, 5.74) is 0.125. The normalized spacial score (nSPS) is 11.5. The minimum Gasteiger partial charge on any atom is -0.495 e. The molecule has 0 atom stereocenters. The topological polar surface area (TPSA) is 170 Å². The zero-order valence-corrected chi connectivity index (χ0v) is 17.4. The first-order valence-corrected chi connectivity index (χ1v) is 11.4. The second kappa shape index (κ2) is 8.53. The molecule has 0 aliphatic carbocycles. The number of hydrogen-bond acceptors (Lipinski definition) is 9. The number of benzene rings is 2. The van der Waals surface area contributed by atoms with Crippen LogP contribution in [0.5, 0.6) is 5.75 Å². The van der Waals surface area contributed by atoms with E-state index in [0.717, 1.165) is 12.1 Å². The fraction of sp³-hybridized carbons (Fsp3) is 0.0588. The van der Waals surface area contributed by atoms with Crippen LogP contribution in [-0.2, 0) is 20.0 Å². The van der Waals surface area contributed by atoms with Gasteiger partial charge in [-0.1, -0.05) is 12.1 Å². The Bertz CT molecular complexity index is 1310. The van der Waals surface area contributed by atoms with Crippen LogP contribution in [0.4, 0.5) is 17.3 Å². The molecule has 0 bridgehead atoms. The molecule has 1 heterocycles. The Morgan fingerprint density at radius 1 is 0.871 bits per heavy atom. The Kier molecular flexibility index (Phi) is 6.03. The van der Waals surface area contributed by atoms with Crippen LogP contribution in [0.15, 0.2) is 70.5 Å². The zero-order valence-electron chi connectivity index (χ0n) is 15.8. The van der Waals surface area contributed by atoms with Crippen molar-refractivity contribution in [1.29, 1.82) is 0 Å². The van der Waals surface area contributed by atoms with E-state index in [4.69, 9.17) is 4.74 Å². The lowest BCUT2D eigenvalue weighted by atomic mass is 10.3. The highest BCUT2D eigenvalue weighted by Crippen LogP contribution is 2.26. The molecule has 0 aliphatic rings. The van der Waals surface area contributed by atoms with Gasteiger partial charge in [-0.05, 0) is 52.5 Å². The van der Waals surface area contributed by atoms with E-state index in [1.807, 2.05) is 0 Å². The number of nitrogens with zero attached hydrogens (tertiary/aromatic N) is 3. The Morgan fingerprint density at radius 2 is 1.55 bits per heavy atom. The summed E-state index contributed by atoms with van der Waals surface area (Å²) in [5.74, 6) is -0.594. The van der Waals surface area contributed by atoms with Crippen LogP contribution in [0, 0.1) is 10.1 Å². The molecule has 12 nitrogen and oxygen atoms in total. The fourth-order valence-corrected chi connectivity index (χ4v) is 4.65. The highest BCUT2D eigenvalue weighted by atomic mass is 32.2. The highest BCUT2D eigenvalue weighted by molar-refractivity contribution is 7.93. The van der Waals surface area contributed by atoms with Crippen LogP contribution in [0.2, 0.25) is 0 Å². The van der Waals surface area contributed by atoms with Crippen molar-refractivity contribution in [2.45, 2.75) is 9.79 Å². The molecule has 0 saturated carbocycles. The third-order valence-corrected chi connectivity index (χ3v) is 6.64. The number of nitro groups is 1. The minimum absolute atomic E-state index is 0.0763. The number of ether oxygens (including phenoxy) is 1. The molecule has 2 aromatic carbocycles. The lowest BCUT2D eigenvalue weighted by Gasteiger charge is -2.12. The van der Waals surface area contributed by atoms with E-state index in [9.17, 15) is 26.9 Å². The van der Waals surface area contributed by atoms with Crippen LogP contribution in [0.3, 0.4) is 0 Å². The lowest BCUT2D eigenvalue weighted by molar-refractivity contribution is -0.390. The summed E-state index contributed by atoms with van der Waals surface area (Å²) in [6.07, 6.45) is 0. The molecule has 0 spiro atoms. The van der Waals surface area contributed by atoms with Crippen molar-refractivity contribution in [3.8, 4) is 5.75 Å². The first-order chi connectivity index (χ1) is 14.6. The van der Waals surface area contributed by atoms with Crippen molar-refractivity contribution in [1.82, 2.24) is 10.2 Å². The summed E-state index contributed by atoms with van der Waals surface area (Å²) in [6, 6.07) is 13.0. The predicted octanol–water partition coefficient (Wildman–Crippen LogP) is 1.99. The van der Waals surface area contributed by atoms with Gasteiger partial charge in [-0.15, -0.1) is 0 Å². The number of nitrogens with one attached hydrogen (secondary N) is 2. The van der Waals surface area contributed by atoms with Gasteiger partial charge in [0.15, 0.2) is 5.82 Å². The summed E-state index contributed by atoms with van der Waals surface area (Å²) >= 11 is 0. The van der Waals surface area contributed by atoms with Crippen molar-refractivity contribution in [3.63, 3.8) is 0 Å². The molecule has 0 amide bonds. The number of sulfonamides is 2. The van der Waals surface area contributed by atoms with Crippen molar-refractivity contribution in [3.05, 3.63) is 70.8 Å². The Balaban J connectivity index is 1.78. The van der Waals surface area contributed by atoms with Crippen LogP contribution in [-0.4, -0.2) is 39.1 Å². The molecular formula is C17H15N5O7S2. The molecule has 3 rings (SSSR count). The smallest absolute Gasteiger partial charge is 0.390 e. The van der Waals surface area contributed by atoms with Gasteiger partial charge < -0.3 is 14.9 Å². The van der Waals surface area contributed by atoms with Gasteiger partial charge in [0.05, 0.1) is 17.1 Å². The lowest BCUT2D eigenvalue weighted by Crippen LogP contribution is -2.16. The van der Waals surface area contributed by atoms with Gasteiger partial charge in [-0.3, -0.25) is 9.44 Å². The first kappa shape index (κ1) is 21.9. The van der Waals surface area contributed by atoms with Crippen LogP contribution < -0.4 is 14.2 Å². The van der Waals surface area contributed by atoms with Gasteiger partial charge >= 0.3 is 5.82 Å². The third-order valence-electron chi connectivity index (χ3n) is 3.85. The van der Waals surface area contributed by atoms with E-state index >= 15 is 0 Å². The van der Waals surface area contributed by atoms with E-state index in [2.05, 4.69) is 19.6 Å². The Hall–Kier alpha value is -3.78. The van der Waals surface area contributed by atoms with Gasteiger partial charge in [0.2, 0.25) is 0 Å². The summed E-state index contributed by atoms with van der Waals surface area (Å²) < 4.78 is 59.6. The van der Waals surface area contributed by atoms with Crippen molar-refractivity contribution >= 4 is 37.4 Å². The molecule has 31 heavy (non-hydrogen) atoms. The Labute approximate surface area is 177 Å². The quantitative estimate of drug-likeness (QED) is 0.373. The SMILES string of the molecule is COc1ccccc1S(=O)(=O)Nc1ccc(S(=O)(=O)Nc2ccc([N+](=O)[O-])nn2)cc1. The molecule has 162 valence electrons. The van der Waals surface area contributed by atoms with Gasteiger partial charge in [0.25, 0.3) is 20.0 Å². The van der Waals surface area contributed by atoms with Crippen molar-refractivity contribution in [2.75, 3.05) is 16.6 Å². The number of aromatic nitrogens is 2. The van der Waals surface area contributed by atoms with Gasteiger partial charge in [0, 0.05) is 11.8 Å². The maximum Gasteiger partial charge on any atom is 0.390 e. The van der Waals surface area contributed by atoms with Crippen LogP contribution in [0.1, 0.15) is 0 Å². The highest BCUT2D eigenvalue weighted by Gasteiger charge is 2.21. The van der Waals surface area contributed by atoms with Crippen LogP contribution in [0.25, 0.3) is 0 Å². The molecule has 0 unspecified atom stereocenters. The molecule has 14 heteroatoms. The van der Waals surface area contributed by atoms with E-state index < -0.39 is 30.8 Å². The molecule has 3 aromatic rings. The van der Waals surface area contributed by atoms with Crippen molar-refractivity contribution < 1.29 is 26.5 Å². The van der Waals surface area contributed by atoms with Gasteiger partial charge in [0.1, 0.15) is 10.6 Å². The minimum atomic E-state index is -4.09. The first-order valence-electron chi connectivity index (χ1n) is 8.39. The van der Waals surface area contributed by atoms with E-state index in [1.165, 1.54) is 43.5 Å². The summed E-state index contributed by atoms with van der Waals surface area (Å²) in [7, 11) is -6.72.